The van der Waals surface area contributed by atoms with Gasteiger partial charge in [0.2, 0.25) is 11.8 Å². The van der Waals surface area contributed by atoms with Crippen molar-refractivity contribution in [2.75, 3.05) is 32.1 Å². The van der Waals surface area contributed by atoms with E-state index < -0.39 is 12.0 Å². The highest BCUT2D eigenvalue weighted by molar-refractivity contribution is 6.30. The molecule has 23 heavy (non-hydrogen) atoms. The summed E-state index contributed by atoms with van der Waals surface area (Å²) >= 11 is 5.87. The number of ether oxygens (including phenoxy) is 1. The predicted octanol–water partition coefficient (Wildman–Crippen LogP) is 0.642. The van der Waals surface area contributed by atoms with Crippen molar-refractivity contribution in [3.05, 3.63) is 29.3 Å². The fourth-order valence-corrected chi connectivity index (χ4v) is 2.56. The highest BCUT2D eigenvalue weighted by Gasteiger charge is 2.32. The summed E-state index contributed by atoms with van der Waals surface area (Å²) in [6, 6.07) is 6.08. The number of hydrogen-bond acceptors (Lipinski definition) is 5. The Bertz CT molecular complexity index is 608. The van der Waals surface area contributed by atoms with Crippen LogP contribution in [-0.4, -0.2) is 55.5 Å². The highest BCUT2D eigenvalue weighted by atomic mass is 35.5. The summed E-state index contributed by atoms with van der Waals surface area (Å²) in [5, 5.41) is 5.92. The lowest BCUT2D eigenvalue weighted by molar-refractivity contribution is -0.146. The summed E-state index contributed by atoms with van der Waals surface area (Å²) in [5.74, 6) is -1.05. The van der Waals surface area contributed by atoms with E-state index in [4.69, 9.17) is 11.6 Å². The van der Waals surface area contributed by atoms with Gasteiger partial charge < -0.3 is 15.4 Å². The highest BCUT2D eigenvalue weighted by Crippen LogP contribution is 2.15. The molecule has 8 heteroatoms. The van der Waals surface area contributed by atoms with Crippen molar-refractivity contribution in [2.45, 2.75) is 12.5 Å². The van der Waals surface area contributed by atoms with Crippen LogP contribution in [0.5, 0.6) is 0 Å². The fraction of sp³-hybridized carbons (Fsp3) is 0.400. The van der Waals surface area contributed by atoms with Crippen LogP contribution in [-0.2, 0) is 19.1 Å². The molecule has 124 valence electrons. The van der Waals surface area contributed by atoms with Crippen LogP contribution in [0.2, 0.25) is 5.02 Å². The molecule has 1 saturated heterocycles. The molecule has 1 aliphatic heterocycles. The third-order valence-electron chi connectivity index (χ3n) is 3.48. The van der Waals surface area contributed by atoms with E-state index in [2.05, 4.69) is 15.4 Å². The fourth-order valence-electron chi connectivity index (χ4n) is 2.37. The minimum Gasteiger partial charge on any atom is -0.469 e. The number of piperazine rings is 1. The number of nitrogens with one attached hydrogen (secondary N) is 2. The van der Waals surface area contributed by atoms with Gasteiger partial charge in [0.25, 0.3) is 0 Å². The van der Waals surface area contributed by atoms with Crippen molar-refractivity contribution in [2.24, 2.45) is 0 Å². The summed E-state index contributed by atoms with van der Waals surface area (Å²) in [6.45, 7) is 0.916. The Labute approximate surface area is 138 Å². The lowest BCUT2D eigenvalue weighted by Gasteiger charge is -2.33. The third-order valence-corrected chi connectivity index (χ3v) is 3.72. The van der Waals surface area contributed by atoms with Crippen molar-refractivity contribution < 1.29 is 19.1 Å². The van der Waals surface area contributed by atoms with Gasteiger partial charge >= 0.3 is 5.97 Å². The summed E-state index contributed by atoms with van der Waals surface area (Å²) in [7, 11) is 1.26. The van der Waals surface area contributed by atoms with Crippen LogP contribution < -0.4 is 10.6 Å². The van der Waals surface area contributed by atoms with Crippen LogP contribution >= 0.6 is 11.6 Å². The summed E-state index contributed by atoms with van der Waals surface area (Å²) in [5.41, 5.74) is 0.577. The first kappa shape index (κ1) is 17.2. The van der Waals surface area contributed by atoms with E-state index in [1.807, 2.05) is 0 Å². The van der Waals surface area contributed by atoms with E-state index in [0.29, 0.717) is 23.8 Å². The molecule has 1 atom stereocenters. The minimum absolute atomic E-state index is 0.00158. The van der Waals surface area contributed by atoms with E-state index in [9.17, 15) is 14.4 Å². The Hall–Kier alpha value is -2.12. The number of hydrogen-bond donors (Lipinski definition) is 2. The zero-order chi connectivity index (χ0) is 16.8. The smallest absolute Gasteiger partial charge is 0.307 e. The lowest BCUT2D eigenvalue weighted by Crippen LogP contribution is -2.57. The Kier molecular flexibility index (Phi) is 5.95. The number of nitrogens with zero attached hydrogens (tertiary/aromatic N) is 1. The molecule has 2 rings (SSSR count). The molecule has 0 unspecified atom stereocenters. The number of amides is 2. The zero-order valence-corrected chi connectivity index (χ0v) is 13.4. The normalized spacial score (nSPS) is 18.2. The van der Waals surface area contributed by atoms with Crippen LogP contribution in [0.25, 0.3) is 0 Å². The zero-order valence-electron chi connectivity index (χ0n) is 12.7. The second-order valence-electron chi connectivity index (χ2n) is 5.12. The van der Waals surface area contributed by atoms with Crippen LogP contribution in [0.15, 0.2) is 24.3 Å². The number of halogens is 1. The number of rotatable bonds is 5. The van der Waals surface area contributed by atoms with E-state index >= 15 is 0 Å². The molecule has 0 spiro atoms. The monoisotopic (exact) mass is 339 g/mol. The maximum atomic E-state index is 12.2. The van der Waals surface area contributed by atoms with Crippen LogP contribution in [0.4, 0.5) is 5.69 Å². The molecule has 0 saturated carbocycles. The second kappa shape index (κ2) is 7.94. The Morgan fingerprint density at radius 2 is 2.26 bits per heavy atom. The minimum atomic E-state index is -0.707. The topological polar surface area (TPSA) is 87.7 Å². The van der Waals surface area contributed by atoms with Gasteiger partial charge in [0.15, 0.2) is 0 Å². The molecular weight excluding hydrogens is 322 g/mol. The van der Waals surface area contributed by atoms with Crippen molar-refractivity contribution in [1.82, 2.24) is 10.2 Å². The first-order chi connectivity index (χ1) is 11.0. The molecule has 1 aromatic carbocycles. The molecule has 2 amide bonds. The Morgan fingerprint density at radius 1 is 1.48 bits per heavy atom. The number of anilines is 1. The number of benzene rings is 1. The maximum absolute atomic E-state index is 12.2. The standard InChI is InChI=1S/C15H18ClN3O4/c1-23-14(21)8-12-15(22)17-5-6-19(12)9-13(20)18-11-4-2-3-10(16)7-11/h2-4,7,12H,5-6,8-9H2,1H3,(H,17,22)(H,18,20)/t12-/m1/s1. The van der Waals surface area contributed by atoms with Crippen molar-refractivity contribution in [3.8, 4) is 0 Å². The maximum Gasteiger partial charge on any atom is 0.307 e. The van der Waals surface area contributed by atoms with E-state index in [1.165, 1.54) is 7.11 Å². The summed E-state index contributed by atoms with van der Waals surface area (Å²) in [4.78, 5) is 37.2. The molecule has 7 nitrogen and oxygen atoms in total. The number of carbonyl (C=O) groups is 3. The van der Waals surface area contributed by atoms with Crippen LogP contribution in [0.1, 0.15) is 6.42 Å². The van der Waals surface area contributed by atoms with Gasteiger partial charge in [-0.25, -0.2) is 0 Å². The Morgan fingerprint density at radius 3 is 2.96 bits per heavy atom. The summed E-state index contributed by atoms with van der Waals surface area (Å²) < 4.78 is 4.60. The molecular formula is C15H18ClN3O4. The molecule has 1 aromatic rings. The van der Waals surface area contributed by atoms with Gasteiger partial charge in [-0.1, -0.05) is 17.7 Å². The van der Waals surface area contributed by atoms with Gasteiger partial charge in [-0.2, -0.15) is 0 Å². The molecule has 0 aliphatic carbocycles. The average Bonchev–Trinajstić information content (AvgIpc) is 2.50. The largest absolute Gasteiger partial charge is 0.469 e. The first-order valence-corrected chi connectivity index (χ1v) is 7.51. The van der Waals surface area contributed by atoms with E-state index in [1.54, 1.807) is 29.2 Å². The van der Waals surface area contributed by atoms with Crippen LogP contribution in [0.3, 0.4) is 0 Å². The molecule has 0 aromatic heterocycles. The molecule has 1 aliphatic rings. The quantitative estimate of drug-likeness (QED) is 0.769. The van der Waals surface area contributed by atoms with Gasteiger partial charge in [-0.15, -0.1) is 0 Å². The number of carbonyl (C=O) groups excluding carboxylic acids is 3. The Balaban J connectivity index is 1.99. The summed E-state index contributed by atoms with van der Waals surface area (Å²) in [6.07, 6.45) is -0.0905. The predicted molar refractivity (Wildman–Crippen MR) is 85.1 cm³/mol. The van der Waals surface area contributed by atoms with Crippen molar-refractivity contribution in [1.29, 1.82) is 0 Å². The first-order valence-electron chi connectivity index (χ1n) is 7.13. The molecule has 1 heterocycles. The van der Waals surface area contributed by atoms with Gasteiger partial charge in [-0.3, -0.25) is 19.3 Å². The average molecular weight is 340 g/mol. The van der Waals surface area contributed by atoms with Gasteiger partial charge in [0, 0.05) is 23.8 Å². The van der Waals surface area contributed by atoms with Gasteiger partial charge in [-0.05, 0) is 18.2 Å². The number of esters is 1. The van der Waals surface area contributed by atoms with Crippen molar-refractivity contribution >= 4 is 35.1 Å². The molecule has 0 bridgehead atoms. The second-order valence-corrected chi connectivity index (χ2v) is 5.55. The van der Waals surface area contributed by atoms with E-state index in [-0.39, 0.29) is 24.8 Å². The van der Waals surface area contributed by atoms with Crippen LogP contribution in [0, 0.1) is 0 Å². The van der Waals surface area contributed by atoms with Crippen molar-refractivity contribution in [3.63, 3.8) is 0 Å². The number of methoxy groups -OCH3 is 1. The van der Waals surface area contributed by atoms with Gasteiger partial charge in [0.1, 0.15) is 6.04 Å². The lowest BCUT2D eigenvalue weighted by atomic mass is 10.1. The van der Waals surface area contributed by atoms with Gasteiger partial charge in [0.05, 0.1) is 20.1 Å². The SMILES string of the molecule is COC(=O)C[C@@H]1C(=O)NCCN1CC(=O)Nc1cccc(Cl)c1. The molecule has 2 N–H and O–H groups in total. The third kappa shape index (κ3) is 4.94. The van der Waals surface area contributed by atoms with E-state index in [0.717, 1.165) is 0 Å². The molecule has 1 fully saturated rings. The molecule has 0 radical (unpaired) electrons.